The number of imide groups is 2. The molecule has 0 aliphatic carbocycles. The zero-order valence-corrected chi connectivity index (χ0v) is 20.9. The molecule has 1 N–H and O–H groups in total. The molecule has 35 heavy (non-hydrogen) atoms. The number of urea groups is 1. The van der Waals surface area contributed by atoms with Gasteiger partial charge in [-0.1, -0.05) is 45.7 Å². The van der Waals surface area contributed by atoms with E-state index in [1.54, 1.807) is 54.6 Å². The summed E-state index contributed by atoms with van der Waals surface area (Å²) < 4.78 is 12.4. The van der Waals surface area contributed by atoms with Crippen molar-refractivity contribution in [1.82, 2.24) is 5.32 Å². The standard InChI is InChI=1S/C26H20BrClN2O5/c1-2-34-23-14-17(5-12-22(23)35-15-16-3-8-19(28)9-4-16)13-21-24(31)29-26(33)30(25(21)32)20-10-6-18(27)7-11-20/h3-14H,2,15H2,1H3,(H,29,31,33)/b21-13-. The van der Waals surface area contributed by atoms with Gasteiger partial charge in [0.25, 0.3) is 11.8 Å². The number of carbonyl (C=O) groups is 3. The maximum absolute atomic E-state index is 13.1. The molecule has 0 bridgehead atoms. The summed E-state index contributed by atoms with van der Waals surface area (Å²) in [6.07, 6.45) is 1.42. The molecular formula is C26H20BrClN2O5. The van der Waals surface area contributed by atoms with E-state index in [0.717, 1.165) is 14.9 Å². The van der Waals surface area contributed by atoms with Crippen LogP contribution < -0.4 is 19.7 Å². The Bertz CT molecular complexity index is 1310. The van der Waals surface area contributed by atoms with Gasteiger partial charge in [0.15, 0.2) is 11.5 Å². The van der Waals surface area contributed by atoms with Crippen molar-refractivity contribution in [3.8, 4) is 11.5 Å². The number of benzene rings is 3. The fourth-order valence-electron chi connectivity index (χ4n) is 3.39. The first-order valence-corrected chi connectivity index (χ1v) is 11.8. The normalized spacial score (nSPS) is 14.8. The van der Waals surface area contributed by atoms with E-state index in [1.165, 1.54) is 6.08 Å². The minimum atomic E-state index is -0.805. The fraction of sp³-hybridized carbons (Fsp3) is 0.115. The molecule has 0 saturated carbocycles. The number of nitrogens with one attached hydrogen (secondary N) is 1. The average Bonchev–Trinajstić information content (AvgIpc) is 2.83. The molecule has 0 spiro atoms. The Morgan fingerprint density at radius 3 is 2.34 bits per heavy atom. The van der Waals surface area contributed by atoms with Gasteiger partial charge < -0.3 is 9.47 Å². The van der Waals surface area contributed by atoms with Crippen LogP contribution in [0, 0.1) is 0 Å². The Labute approximate surface area is 215 Å². The van der Waals surface area contributed by atoms with Gasteiger partial charge in [0.05, 0.1) is 12.3 Å². The molecule has 3 aromatic rings. The van der Waals surface area contributed by atoms with Crippen molar-refractivity contribution in [2.75, 3.05) is 11.5 Å². The number of rotatable bonds is 7. The molecule has 1 aliphatic heterocycles. The number of ether oxygens (including phenoxy) is 2. The number of anilines is 1. The summed E-state index contributed by atoms with van der Waals surface area (Å²) in [5, 5.41) is 2.86. The van der Waals surface area contributed by atoms with Gasteiger partial charge in [0.1, 0.15) is 12.2 Å². The number of barbiturate groups is 1. The monoisotopic (exact) mass is 554 g/mol. The summed E-state index contributed by atoms with van der Waals surface area (Å²) in [5.74, 6) is -0.521. The molecule has 1 heterocycles. The number of hydrogen-bond acceptors (Lipinski definition) is 5. The van der Waals surface area contributed by atoms with Crippen LogP contribution in [-0.2, 0) is 16.2 Å². The topological polar surface area (TPSA) is 84.9 Å². The van der Waals surface area contributed by atoms with Crippen LogP contribution in [0.4, 0.5) is 10.5 Å². The van der Waals surface area contributed by atoms with Gasteiger partial charge in [-0.3, -0.25) is 14.9 Å². The number of carbonyl (C=O) groups excluding carboxylic acids is 3. The molecule has 7 nitrogen and oxygen atoms in total. The van der Waals surface area contributed by atoms with Crippen LogP contribution in [0.5, 0.6) is 11.5 Å². The van der Waals surface area contributed by atoms with Crippen LogP contribution in [0.15, 0.2) is 76.8 Å². The lowest BCUT2D eigenvalue weighted by Crippen LogP contribution is -2.54. The third kappa shape index (κ3) is 5.72. The van der Waals surface area contributed by atoms with Crippen LogP contribution in [0.1, 0.15) is 18.1 Å². The lowest BCUT2D eigenvalue weighted by molar-refractivity contribution is -0.122. The SMILES string of the molecule is CCOc1cc(/C=C2/C(=O)NC(=O)N(c3ccc(Br)cc3)C2=O)ccc1OCc1ccc(Cl)cc1. The first kappa shape index (κ1) is 24.5. The van der Waals surface area contributed by atoms with Gasteiger partial charge in [-0.05, 0) is 72.7 Å². The zero-order valence-electron chi connectivity index (χ0n) is 18.6. The van der Waals surface area contributed by atoms with Crippen molar-refractivity contribution in [3.63, 3.8) is 0 Å². The Kier molecular flexibility index (Phi) is 7.53. The van der Waals surface area contributed by atoms with Crippen molar-refractivity contribution < 1.29 is 23.9 Å². The van der Waals surface area contributed by atoms with Crippen LogP contribution in [0.3, 0.4) is 0 Å². The lowest BCUT2D eigenvalue weighted by Gasteiger charge is -2.26. The van der Waals surface area contributed by atoms with E-state index in [1.807, 2.05) is 19.1 Å². The third-order valence-electron chi connectivity index (χ3n) is 5.07. The van der Waals surface area contributed by atoms with Crippen LogP contribution in [0.2, 0.25) is 5.02 Å². The summed E-state index contributed by atoms with van der Waals surface area (Å²) >= 11 is 9.25. The summed E-state index contributed by atoms with van der Waals surface area (Å²) in [5.41, 5.74) is 1.64. The Morgan fingerprint density at radius 2 is 1.66 bits per heavy atom. The van der Waals surface area contributed by atoms with Crippen molar-refractivity contribution in [3.05, 3.63) is 92.9 Å². The molecule has 0 atom stereocenters. The highest BCUT2D eigenvalue weighted by Gasteiger charge is 2.36. The second-order valence-corrected chi connectivity index (χ2v) is 8.84. The first-order valence-electron chi connectivity index (χ1n) is 10.7. The Hall–Kier alpha value is -3.62. The third-order valence-corrected chi connectivity index (χ3v) is 5.85. The maximum Gasteiger partial charge on any atom is 0.335 e. The van der Waals surface area contributed by atoms with Gasteiger partial charge in [0, 0.05) is 9.50 Å². The van der Waals surface area contributed by atoms with E-state index in [9.17, 15) is 14.4 Å². The number of hydrogen-bond donors (Lipinski definition) is 1. The van der Waals surface area contributed by atoms with Crippen molar-refractivity contribution in [2.45, 2.75) is 13.5 Å². The second-order valence-electron chi connectivity index (χ2n) is 7.49. The van der Waals surface area contributed by atoms with Crippen molar-refractivity contribution in [2.24, 2.45) is 0 Å². The molecule has 4 amide bonds. The molecule has 4 rings (SSSR count). The Morgan fingerprint density at radius 1 is 0.943 bits per heavy atom. The fourth-order valence-corrected chi connectivity index (χ4v) is 3.78. The molecule has 0 aromatic heterocycles. The van der Waals surface area contributed by atoms with Gasteiger partial charge >= 0.3 is 6.03 Å². The molecular weight excluding hydrogens is 536 g/mol. The van der Waals surface area contributed by atoms with Crippen molar-refractivity contribution in [1.29, 1.82) is 0 Å². The minimum Gasteiger partial charge on any atom is -0.490 e. The molecule has 1 fully saturated rings. The van der Waals surface area contributed by atoms with E-state index >= 15 is 0 Å². The molecule has 1 aliphatic rings. The predicted octanol–water partition coefficient (Wildman–Crippen LogP) is 5.75. The van der Waals surface area contributed by atoms with Gasteiger partial charge in [-0.15, -0.1) is 0 Å². The second kappa shape index (κ2) is 10.8. The molecule has 0 unspecified atom stereocenters. The molecule has 178 valence electrons. The Balaban J connectivity index is 1.60. The highest BCUT2D eigenvalue weighted by Crippen LogP contribution is 2.31. The largest absolute Gasteiger partial charge is 0.490 e. The lowest BCUT2D eigenvalue weighted by atomic mass is 10.1. The smallest absolute Gasteiger partial charge is 0.335 e. The number of nitrogens with zero attached hydrogens (tertiary/aromatic N) is 1. The average molecular weight is 556 g/mol. The van der Waals surface area contributed by atoms with Gasteiger partial charge in [-0.25, -0.2) is 9.69 Å². The van der Waals surface area contributed by atoms with E-state index in [0.29, 0.717) is 41.0 Å². The highest BCUT2D eigenvalue weighted by atomic mass is 79.9. The van der Waals surface area contributed by atoms with E-state index in [4.69, 9.17) is 21.1 Å². The summed E-state index contributed by atoms with van der Waals surface area (Å²) in [7, 11) is 0. The summed E-state index contributed by atoms with van der Waals surface area (Å²) in [6.45, 7) is 2.54. The number of amides is 4. The quantitative estimate of drug-likeness (QED) is 0.297. The first-order chi connectivity index (χ1) is 16.9. The van der Waals surface area contributed by atoms with Gasteiger partial charge in [0.2, 0.25) is 0 Å². The van der Waals surface area contributed by atoms with Crippen molar-refractivity contribution >= 4 is 57.1 Å². The highest BCUT2D eigenvalue weighted by molar-refractivity contribution is 9.10. The van der Waals surface area contributed by atoms with E-state index in [2.05, 4.69) is 21.2 Å². The summed E-state index contributed by atoms with van der Waals surface area (Å²) in [6, 6.07) is 18.2. The van der Waals surface area contributed by atoms with Crippen LogP contribution in [-0.4, -0.2) is 24.5 Å². The molecule has 1 saturated heterocycles. The number of halogens is 2. The van der Waals surface area contributed by atoms with E-state index < -0.39 is 17.8 Å². The van der Waals surface area contributed by atoms with Gasteiger partial charge in [-0.2, -0.15) is 0 Å². The molecule has 9 heteroatoms. The predicted molar refractivity (Wildman–Crippen MR) is 137 cm³/mol. The van der Waals surface area contributed by atoms with E-state index in [-0.39, 0.29) is 5.57 Å². The zero-order chi connectivity index (χ0) is 24.9. The minimum absolute atomic E-state index is 0.176. The maximum atomic E-state index is 13.1. The summed E-state index contributed by atoms with van der Waals surface area (Å²) in [4.78, 5) is 38.9. The molecule has 3 aromatic carbocycles. The molecule has 0 radical (unpaired) electrons. The van der Waals surface area contributed by atoms with Crippen LogP contribution >= 0.6 is 27.5 Å². The van der Waals surface area contributed by atoms with Crippen LogP contribution in [0.25, 0.3) is 6.08 Å².